The van der Waals surface area contributed by atoms with Crippen LogP contribution in [-0.4, -0.2) is 71.6 Å². The molecule has 0 saturated heterocycles. The second-order valence-electron chi connectivity index (χ2n) is 8.88. The summed E-state index contributed by atoms with van der Waals surface area (Å²) < 4.78 is 82.0. The lowest BCUT2D eigenvalue weighted by molar-refractivity contribution is 0.0281. The van der Waals surface area contributed by atoms with E-state index in [1.807, 2.05) is 0 Å². The SMILES string of the molecule is CC(F)(F)CNS(=O)(=O)c1ccc(N[C@@H](O)[C@@H](NC(=O)c2nonc2SCC(F)F)C2CCCCC2)nc1. The molecule has 1 saturated carbocycles. The highest BCUT2D eigenvalue weighted by atomic mass is 32.2. The molecule has 0 radical (unpaired) electrons. The van der Waals surface area contributed by atoms with Crippen molar-refractivity contribution in [3.63, 3.8) is 0 Å². The molecule has 4 N–H and O–H groups in total. The lowest BCUT2D eigenvalue weighted by Crippen LogP contribution is -2.51. The molecule has 0 bridgehead atoms. The lowest BCUT2D eigenvalue weighted by Gasteiger charge is -2.34. The molecule has 0 unspecified atom stereocenters. The molecular weight excluding hydrogens is 556 g/mol. The van der Waals surface area contributed by atoms with Crippen LogP contribution in [0.3, 0.4) is 0 Å². The predicted octanol–water partition coefficient (Wildman–Crippen LogP) is 2.86. The molecule has 0 aliphatic heterocycles. The number of halogens is 4. The number of nitrogens with one attached hydrogen (secondary N) is 3. The summed E-state index contributed by atoms with van der Waals surface area (Å²) in [4.78, 5) is 16.5. The van der Waals surface area contributed by atoms with Gasteiger partial charge in [-0.2, -0.15) is 0 Å². The Bertz CT molecular complexity index is 1160. The van der Waals surface area contributed by atoms with Gasteiger partial charge >= 0.3 is 0 Å². The number of hydrogen-bond donors (Lipinski definition) is 4. The van der Waals surface area contributed by atoms with E-state index in [2.05, 4.69) is 30.6 Å². The number of aliphatic hydroxyl groups is 1. The summed E-state index contributed by atoms with van der Waals surface area (Å²) in [5, 5.41) is 23.3. The molecule has 0 aromatic carbocycles. The second-order valence-corrected chi connectivity index (χ2v) is 11.7. The normalized spacial score (nSPS) is 16.8. The minimum atomic E-state index is -4.24. The van der Waals surface area contributed by atoms with Gasteiger partial charge in [0, 0.05) is 13.1 Å². The van der Waals surface area contributed by atoms with Crippen molar-refractivity contribution in [1.82, 2.24) is 25.3 Å². The summed E-state index contributed by atoms with van der Waals surface area (Å²) in [6.07, 6.45) is 1.07. The number of thioether (sulfide) groups is 1. The van der Waals surface area contributed by atoms with Crippen LogP contribution < -0.4 is 15.4 Å². The Morgan fingerprint density at radius 3 is 2.55 bits per heavy atom. The van der Waals surface area contributed by atoms with Gasteiger partial charge in [0.25, 0.3) is 11.8 Å². The number of alkyl halides is 4. The predicted molar refractivity (Wildman–Crippen MR) is 129 cm³/mol. The number of pyridine rings is 1. The molecule has 2 atom stereocenters. The van der Waals surface area contributed by atoms with Crippen LogP contribution in [0.4, 0.5) is 23.4 Å². The molecule has 1 aliphatic carbocycles. The quantitative estimate of drug-likeness (QED) is 0.157. The lowest BCUT2D eigenvalue weighted by atomic mass is 9.83. The molecule has 3 rings (SSSR count). The average molecular weight is 585 g/mol. The molecule has 2 aromatic heterocycles. The van der Waals surface area contributed by atoms with Crippen molar-refractivity contribution >= 4 is 33.5 Å². The van der Waals surface area contributed by atoms with Crippen molar-refractivity contribution < 1.29 is 40.5 Å². The minimum Gasteiger partial charge on any atom is -0.372 e. The van der Waals surface area contributed by atoms with Gasteiger partial charge < -0.3 is 15.7 Å². The molecule has 1 amide bonds. The summed E-state index contributed by atoms with van der Waals surface area (Å²) >= 11 is 0.610. The number of aromatic nitrogens is 3. The summed E-state index contributed by atoms with van der Waals surface area (Å²) in [6, 6.07) is 1.51. The number of amides is 1. The molecule has 212 valence electrons. The molecule has 0 spiro atoms. The van der Waals surface area contributed by atoms with Crippen LogP contribution in [0, 0.1) is 5.92 Å². The van der Waals surface area contributed by atoms with Crippen molar-refractivity contribution in [3.8, 4) is 0 Å². The average Bonchev–Trinajstić information content (AvgIpc) is 3.34. The Morgan fingerprint density at radius 2 is 1.95 bits per heavy atom. The van der Waals surface area contributed by atoms with E-state index < -0.39 is 52.8 Å². The van der Waals surface area contributed by atoms with Gasteiger partial charge in [-0.25, -0.2) is 40.3 Å². The fourth-order valence-electron chi connectivity index (χ4n) is 3.89. The van der Waals surface area contributed by atoms with Gasteiger partial charge in [0.15, 0.2) is 5.03 Å². The molecule has 38 heavy (non-hydrogen) atoms. The molecule has 1 aliphatic rings. The van der Waals surface area contributed by atoms with Gasteiger partial charge in [-0.3, -0.25) is 4.79 Å². The Hall–Kier alpha value is -2.50. The van der Waals surface area contributed by atoms with Crippen LogP contribution in [0.15, 0.2) is 32.9 Å². The largest absolute Gasteiger partial charge is 0.372 e. The van der Waals surface area contributed by atoms with Gasteiger partial charge in [-0.15, -0.1) is 0 Å². The van der Waals surface area contributed by atoms with E-state index in [1.165, 1.54) is 6.07 Å². The van der Waals surface area contributed by atoms with Gasteiger partial charge in [0.05, 0.1) is 18.3 Å². The third kappa shape index (κ3) is 8.78. The third-order valence-corrected chi connectivity index (χ3v) is 8.08. The first-order chi connectivity index (χ1) is 17.9. The number of sulfonamides is 1. The Labute approximate surface area is 220 Å². The number of carbonyl (C=O) groups is 1. The Balaban J connectivity index is 1.71. The molecular formula is C21H28F4N6O5S2. The minimum absolute atomic E-state index is 0.0589. The highest BCUT2D eigenvalue weighted by Crippen LogP contribution is 2.29. The van der Waals surface area contributed by atoms with Gasteiger partial charge in [0.1, 0.15) is 16.9 Å². The van der Waals surface area contributed by atoms with E-state index in [0.717, 1.165) is 31.5 Å². The number of anilines is 1. The van der Waals surface area contributed by atoms with Crippen LogP contribution in [-0.2, 0) is 10.0 Å². The fraction of sp³-hybridized carbons (Fsp3) is 0.619. The van der Waals surface area contributed by atoms with E-state index in [1.54, 1.807) is 4.72 Å². The van der Waals surface area contributed by atoms with Crippen molar-refractivity contribution in [2.24, 2.45) is 5.92 Å². The maximum absolute atomic E-state index is 13.0. The maximum atomic E-state index is 13.0. The van der Waals surface area contributed by atoms with Crippen molar-refractivity contribution in [2.75, 3.05) is 17.6 Å². The van der Waals surface area contributed by atoms with E-state index in [-0.39, 0.29) is 27.4 Å². The number of hydrogen-bond acceptors (Lipinski definition) is 10. The zero-order valence-corrected chi connectivity index (χ0v) is 21.9. The first-order valence-corrected chi connectivity index (χ1v) is 14.1. The fourth-order valence-corrected chi connectivity index (χ4v) is 5.58. The van der Waals surface area contributed by atoms with Crippen molar-refractivity contribution in [3.05, 3.63) is 24.0 Å². The van der Waals surface area contributed by atoms with Crippen LogP contribution in [0.2, 0.25) is 0 Å². The summed E-state index contributed by atoms with van der Waals surface area (Å²) in [5.41, 5.74) is -0.290. The second kappa shape index (κ2) is 13.0. The standard InChI is InChI=1S/C21H28F4N6O5S2/c1-21(24,25)11-27-38(34,35)13-7-8-15(26-9-13)28-18(32)16(12-5-3-2-4-6-12)29-19(33)17-20(31-36-30-17)37-10-14(22)23/h7-9,12,14,16,18,27,32H,2-6,10-11H2,1H3,(H,26,28)(H,29,33)/t16-,18-/m0/s1. The monoisotopic (exact) mass is 584 g/mol. The molecule has 11 nitrogen and oxygen atoms in total. The molecule has 1 fully saturated rings. The van der Waals surface area contributed by atoms with Gasteiger partial charge in [0.2, 0.25) is 22.1 Å². The highest BCUT2D eigenvalue weighted by Gasteiger charge is 2.33. The maximum Gasteiger partial charge on any atom is 0.276 e. The van der Waals surface area contributed by atoms with E-state index in [0.29, 0.717) is 31.5 Å². The zero-order chi connectivity index (χ0) is 27.9. The van der Waals surface area contributed by atoms with E-state index >= 15 is 0 Å². The van der Waals surface area contributed by atoms with Crippen LogP contribution in [0.5, 0.6) is 0 Å². The third-order valence-electron chi connectivity index (χ3n) is 5.73. The molecule has 17 heteroatoms. The van der Waals surface area contributed by atoms with Crippen LogP contribution in [0.1, 0.15) is 49.5 Å². The highest BCUT2D eigenvalue weighted by molar-refractivity contribution is 7.99. The number of carbonyl (C=O) groups excluding carboxylic acids is 1. The number of nitrogens with zero attached hydrogens (tertiary/aromatic N) is 3. The Morgan fingerprint density at radius 1 is 1.24 bits per heavy atom. The summed E-state index contributed by atoms with van der Waals surface area (Å²) in [5.74, 6) is -4.71. The van der Waals surface area contributed by atoms with Crippen LogP contribution >= 0.6 is 11.8 Å². The first kappa shape index (κ1) is 30.0. The molecule has 2 aromatic rings. The van der Waals surface area contributed by atoms with E-state index in [9.17, 15) is 35.9 Å². The first-order valence-electron chi connectivity index (χ1n) is 11.7. The zero-order valence-electron chi connectivity index (χ0n) is 20.2. The smallest absolute Gasteiger partial charge is 0.276 e. The summed E-state index contributed by atoms with van der Waals surface area (Å²) in [6.45, 7) is -0.508. The van der Waals surface area contributed by atoms with Crippen molar-refractivity contribution in [2.45, 2.75) is 73.6 Å². The summed E-state index contributed by atoms with van der Waals surface area (Å²) in [7, 11) is -4.24. The number of aliphatic hydroxyl groups excluding tert-OH is 1. The van der Waals surface area contributed by atoms with Gasteiger partial charge in [-0.1, -0.05) is 31.0 Å². The van der Waals surface area contributed by atoms with Crippen LogP contribution in [0.25, 0.3) is 0 Å². The van der Waals surface area contributed by atoms with E-state index in [4.69, 9.17) is 0 Å². The number of rotatable bonds is 13. The topological polar surface area (TPSA) is 159 Å². The van der Waals surface area contributed by atoms with Crippen molar-refractivity contribution in [1.29, 1.82) is 0 Å². The Kier molecular flexibility index (Phi) is 10.3. The molecule has 2 heterocycles. The van der Waals surface area contributed by atoms with Gasteiger partial charge in [-0.05, 0) is 41.2 Å².